The molecular formula is C27H19Cl2F3N4O2S. The topological polar surface area (TPSA) is 62.9 Å². The molecule has 0 spiro atoms. The summed E-state index contributed by atoms with van der Waals surface area (Å²) in [5, 5.41) is 14.6. The van der Waals surface area contributed by atoms with Crippen LogP contribution in [0.2, 0.25) is 10.0 Å². The Hall–Kier alpha value is -3.60. The fourth-order valence-corrected chi connectivity index (χ4v) is 4.78. The molecule has 0 radical (unpaired) electrons. The maximum Gasteiger partial charge on any atom is 0.573 e. The number of hydrogen-bond acceptors (Lipinski definition) is 5. The van der Waals surface area contributed by atoms with Crippen LogP contribution < -0.4 is 10.1 Å². The van der Waals surface area contributed by atoms with E-state index >= 15 is 0 Å². The van der Waals surface area contributed by atoms with E-state index in [9.17, 15) is 13.2 Å². The first-order chi connectivity index (χ1) is 18.6. The maximum atomic E-state index is 12.5. The lowest BCUT2D eigenvalue weighted by Crippen LogP contribution is -2.26. The first-order valence-electron chi connectivity index (χ1n) is 11.6. The Labute approximate surface area is 237 Å². The molecule has 0 saturated carbocycles. The number of halogens is 5. The molecule has 1 N–H and O–H groups in total. The Bertz CT molecular complexity index is 1570. The van der Waals surface area contributed by atoms with Gasteiger partial charge < -0.3 is 14.6 Å². The van der Waals surface area contributed by atoms with Gasteiger partial charge in [0.15, 0.2) is 10.9 Å². The molecule has 1 aliphatic carbocycles. The summed E-state index contributed by atoms with van der Waals surface area (Å²) in [5.74, 6) is 0.235. The Balaban J connectivity index is 1.29. The summed E-state index contributed by atoms with van der Waals surface area (Å²) in [6.45, 7) is 0. The highest BCUT2D eigenvalue weighted by molar-refractivity contribution is 7.80. The standard InChI is InChI=1S/C27H19Cl2F3N4O2S/c1-36(26(39)34-23-11-6-18(28)13-22(23)29)33-14-15-2-9-20-17(12-15)5-10-21-24(20)35-38-25(21)16-3-7-19(8-4-16)37-27(30,31)32/h2-4,6-9,11-14H,5,10H2,1H3,(H,34,39). The molecule has 0 aliphatic heterocycles. The van der Waals surface area contributed by atoms with Gasteiger partial charge in [-0.25, -0.2) is 5.01 Å². The Morgan fingerprint density at radius 1 is 1.10 bits per heavy atom. The molecule has 1 aliphatic rings. The van der Waals surface area contributed by atoms with Crippen LogP contribution >= 0.6 is 35.4 Å². The number of hydrogen-bond donors (Lipinski definition) is 1. The predicted octanol–water partition coefficient (Wildman–Crippen LogP) is 7.98. The molecule has 1 aromatic heterocycles. The number of aromatic nitrogens is 1. The average molecular weight is 591 g/mol. The minimum atomic E-state index is -4.75. The van der Waals surface area contributed by atoms with Crippen LogP contribution in [0.3, 0.4) is 0 Å². The smallest absolute Gasteiger partial charge is 0.406 e. The van der Waals surface area contributed by atoms with Crippen molar-refractivity contribution >= 4 is 52.4 Å². The Kier molecular flexibility index (Phi) is 7.53. The van der Waals surface area contributed by atoms with Crippen molar-refractivity contribution in [1.29, 1.82) is 0 Å². The molecule has 200 valence electrons. The zero-order chi connectivity index (χ0) is 27.7. The van der Waals surface area contributed by atoms with Crippen LogP contribution in [-0.4, -0.2) is 34.9 Å². The molecule has 0 unspecified atom stereocenters. The van der Waals surface area contributed by atoms with Crippen molar-refractivity contribution in [2.75, 3.05) is 12.4 Å². The number of alkyl halides is 3. The number of rotatable bonds is 5. The molecule has 0 saturated heterocycles. The molecule has 0 bridgehead atoms. The molecule has 12 heteroatoms. The van der Waals surface area contributed by atoms with Crippen molar-refractivity contribution in [3.05, 3.63) is 87.4 Å². The van der Waals surface area contributed by atoms with Crippen LogP contribution in [0.1, 0.15) is 16.7 Å². The van der Waals surface area contributed by atoms with Crippen molar-refractivity contribution in [1.82, 2.24) is 10.2 Å². The van der Waals surface area contributed by atoms with E-state index in [4.69, 9.17) is 39.9 Å². The third kappa shape index (κ3) is 6.19. The number of fused-ring (bicyclic) bond motifs is 3. The number of ether oxygens (including phenoxy) is 1. The van der Waals surface area contributed by atoms with E-state index in [-0.39, 0.29) is 5.75 Å². The summed E-state index contributed by atoms with van der Waals surface area (Å²) in [7, 11) is 1.72. The lowest BCUT2D eigenvalue weighted by atomic mass is 9.87. The van der Waals surface area contributed by atoms with Crippen molar-refractivity contribution in [2.45, 2.75) is 19.2 Å². The van der Waals surface area contributed by atoms with Gasteiger partial charge in [0.25, 0.3) is 0 Å². The molecule has 0 atom stereocenters. The normalized spacial score (nSPS) is 12.7. The third-order valence-corrected chi connectivity index (χ3v) is 6.93. The van der Waals surface area contributed by atoms with Gasteiger partial charge in [0, 0.05) is 28.8 Å². The SMILES string of the molecule is CN(N=Cc1ccc2c(c1)CCc1c-2noc1-c1ccc(OC(F)(F)F)cc1)C(=S)Nc1ccc(Cl)cc1Cl. The quantitative estimate of drug-likeness (QED) is 0.144. The summed E-state index contributed by atoms with van der Waals surface area (Å²) in [4.78, 5) is 0. The highest BCUT2D eigenvalue weighted by atomic mass is 35.5. The van der Waals surface area contributed by atoms with E-state index in [2.05, 4.69) is 20.3 Å². The summed E-state index contributed by atoms with van der Waals surface area (Å²) in [6, 6.07) is 16.5. The summed E-state index contributed by atoms with van der Waals surface area (Å²) < 4.78 is 46.9. The van der Waals surface area contributed by atoms with Gasteiger partial charge in [0.1, 0.15) is 11.4 Å². The van der Waals surface area contributed by atoms with Crippen LogP contribution in [0, 0.1) is 0 Å². The van der Waals surface area contributed by atoms with E-state index in [0.717, 1.165) is 28.7 Å². The molecule has 0 fully saturated rings. The largest absolute Gasteiger partial charge is 0.573 e. The van der Waals surface area contributed by atoms with Crippen LogP contribution in [0.15, 0.2) is 70.3 Å². The maximum absolute atomic E-state index is 12.5. The lowest BCUT2D eigenvalue weighted by molar-refractivity contribution is -0.274. The highest BCUT2D eigenvalue weighted by Crippen LogP contribution is 2.39. The average Bonchev–Trinajstić information content (AvgIpc) is 3.33. The fourth-order valence-electron chi connectivity index (χ4n) is 4.17. The van der Waals surface area contributed by atoms with E-state index in [1.807, 2.05) is 18.2 Å². The number of aryl methyl sites for hydroxylation is 1. The molecule has 39 heavy (non-hydrogen) atoms. The second kappa shape index (κ2) is 10.9. The van der Waals surface area contributed by atoms with Crippen molar-refractivity contribution in [3.63, 3.8) is 0 Å². The summed E-state index contributed by atoms with van der Waals surface area (Å²) in [5.41, 5.74) is 5.76. The molecule has 1 heterocycles. The molecule has 5 rings (SSSR count). The number of thiocarbonyl (C=S) groups is 1. The number of benzene rings is 3. The van der Waals surface area contributed by atoms with Gasteiger partial charge in [-0.3, -0.25) is 0 Å². The predicted molar refractivity (Wildman–Crippen MR) is 150 cm³/mol. The number of nitrogens with one attached hydrogen (secondary N) is 1. The minimum Gasteiger partial charge on any atom is -0.406 e. The van der Waals surface area contributed by atoms with Crippen molar-refractivity contribution in [2.24, 2.45) is 5.10 Å². The third-order valence-electron chi connectivity index (χ3n) is 6.01. The van der Waals surface area contributed by atoms with Crippen molar-refractivity contribution < 1.29 is 22.4 Å². The van der Waals surface area contributed by atoms with Crippen LogP contribution in [0.5, 0.6) is 5.75 Å². The zero-order valence-electron chi connectivity index (χ0n) is 20.2. The second-order valence-electron chi connectivity index (χ2n) is 8.65. The van der Waals surface area contributed by atoms with Gasteiger partial charge in [0.05, 0.1) is 16.9 Å². The second-order valence-corrected chi connectivity index (χ2v) is 9.88. The highest BCUT2D eigenvalue weighted by Gasteiger charge is 2.31. The fraction of sp³-hybridized carbons (Fsp3) is 0.148. The van der Waals surface area contributed by atoms with Crippen molar-refractivity contribution in [3.8, 4) is 28.3 Å². The zero-order valence-corrected chi connectivity index (χ0v) is 22.5. The van der Waals surface area contributed by atoms with E-state index in [0.29, 0.717) is 44.3 Å². The van der Waals surface area contributed by atoms with E-state index in [1.165, 1.54) is 29.3 Å². The Morgan fingerprint density at radius 3 is 2.59 bits per heavy atom. The molecular weight excluding hydrogens is 572 g/mol. The van der Waals surface area contributed by atoms with Gasteiger partial charge in [-0.2, -0.15) is 5.10 Å². The number of hydrazone groups is 1. The first-order valence-corrected chi connectivity index (χ1v) is 12.8. The summed E-state index contributed by atoms with van der Waals surface area (Å²) in [6.07, 6.45) is -1.65. The van der Waals surface area contributed by atoms with Crippen LogP contribution in [0.25, 0.3) is 22.6 Å². The lowest BCUT2D eigenvalue weighted by Gasteiger charge is -2.17. The molecule has 3 aromatic carbocycles. The van der Waals surface area contributed by atoms with E-state index < -0.39 is 6.36 Å². The monoisotopic (exact) mass is 590 g/mol. The minimum absolute atomic E-state index is 0.296. The van der Waals surface area contributed by atoms with Gasteiger partial charge in [0.2, 0.25) is 0 Å². The van der Waals surface area contributed by atoms with Gasteiger partial charge in [-0.05, 0) is 84.7 Å². The van der Waals surface area contributed by atoms with Gasteiger partial charge in [-0.15, -0.1) is 13.2 Å². The summed E-state index contributed by atoms with van der Waals surface area (Å²) >= 11 is 17.6. The van der Waals surface area contributed by atoms with Gasteiger partial charge >= 0.3 is 6.36 Å². The van der Waals surface area contributed by atoms with Crippen LogP contribution in [0.4, 0.5) is 18.9 Å². The number of nitrogens with zero attached hydrogens (tertiary/aromatic N) is 3. The van der Waals surface area contributed by atoms with Gasteiger partial charge in [-0.1, -0.05) is 40.5 Å². The number of anilines is 1. The molecule has 0 amide bonds. The van der Waals surface area contributed by atoms with Crippen LogP contribution in [-0.2, 0) is 12.8 Å². The first kappa shape index (κ1) is 27.0. The van der Waals surface area contributed by atoms with E-state index in [1.54, 1.807) is 31.5 Å². The molecule has 6 nitrogen and oxygen atoms in total. The molecule has 4 aromatic rings. The Morgan fingerprint density at radius 2 is 1.87 bits per heavy atom.